The summed E-state index contributed by atoms with van der Waals surface area (Å²) in [6.45, 7) is 2.61. The molecule has 0 saturated heterocycles. The molecule has 0 aliphatic carbocycles. The summed E-state index contributed by atoms with van der Waals surface area (Å²) in [5.74, 6) is -0.312. The van der Waals surface area contributed by atoms with Gasteiger partial charge in [-0.2, -0.15) is 0 Å². The van der Waals surface area contributed by atoms with Crippen molar-refractivity contribution < 1.29 is 9.59 Å². The van der Waals surface area contributed by atoms with Crippen molar-refractivity contribution in [2.75, 3.05) is 18.9 Å². The number of carbonyl (C=O) groups is 2. The van der Waals surface area contributed by atoms with E-state index in [0.717, 1.165) is 11.1 Å². The van der Waals surface area contributed by atoms with E-state index in [1.54, 1.807) is 25.2 Å². The van der Waals surface area contributed by atoms with Gasteiger partial charge in [0.05, 0.1) is 12.1 Å². The number of hydrogen-bond acceptors (Lipinski definition) is 3. The van der Waals surface area contributed by atoms with Crippen LogP contribution >= 0.6 is 0 Å². The molecule has 0 atom stereocenters. The Morgan fingerprint density at radius 3 is 2.43 bits per heavy atom. The third-order valence-electron chi connectivity index (χ3n) is 3.58. The van der Waals surface area contributed by atoms with E-state index in [0.29, 0.717) is 17.8 Å². The molecule has 2 rings (SSSR count). The SMILES string of the molecule is CNC(=O)c1ccccc1NCC(=O)NCc1ccccc1C. The number of anilines is 1. The number of nitrogens with one attached hydrogen (secondary N) is 3. The van der Waals surface area contributed by atoms with Gasteiger partial charge in [-0.3, -0.25) is 9.59 Å². The standard InChI is InChI=1S/C18H21N3O2/c1-13-7-3-4-8-14(13)11-21-17(22)12-20-16-10-6-5-9-15(16)18(23)19-2/h3-10,20H,11-12H2,1-2H3,(H,19,23)(H,21,22). The average Bonchev–Trinajstić information content (AvgIpc) is 2.58. The Morgan fingerprint density at radius 1 is 1.00 bits per heavy atom. The molecule has 23 heavy (non-hydrogen) atoms. The first-order valence-corrected chi connectivity index (χ1v) is 7.48. The number of para-hydroxylation sites is 1. The van der Waals surface area contributed by atoms with Gasteiger partial charge < -0.3 is 16.0 Å². The third kappa shape index (κ3) is 4.57. The fraction of sp³-hybridized carbons (Fsp3) is 0.222. The molecular formula is C18H21N3O2. The van der Waals surface area contributed by atoms with E-state index in [-0.39, 0.29) is 18.4 Å². The first kappa shape index (κ1) is 16.5. The maximum absolute atomic E-state index is 12.0. The average molecular weight is 311 g/mol. The summed E-state index contributed by atoms with van der Waals surface area (Å²) in [6, 6.07) is 15.0. The first-order valence-electron chi connectivity index (χ1n) is 7.48. The van der Waals surface area contributed by atoms with E-state index < -0.39 is 0 Å². The maximum atomic E-state index is 12.0. The summed E-state index contributed by atoms with van der Waals surface area (Å²) in [5.41, 5.74) is 3.39. The molecule has 0 aromatic heterocycles. The van der Waals surface area contributed by atoms with Crippen molar-refractivity contribution in [3.8, 4) is 0 Å². The lowest BCUT2D eigenvalue weighted by Crippen LogP contribution is -2.30. The Morgan fingerprint density at radius 2 is 1.70 bits per heavy atom. The zero-order valence-electron chi connectivity index (χ0n) is 13.3. The molecule has 0 spiro atoms. The predicted octanol–water partition coefficient (Wildman–Crippen LogP) is 2.08. The van der Waals surface area contributed by atoms with Crippen molar-refractivity contribution in [3.63, 3.8) is 0 Å². The molecule has 0 fully saturated rings. The minimum absolute atomic E-state index is 0.111. The molecule has 3 N–H and O–H groups in total. The molecule has 5 nitrogen and oxygen atoms in total. The van der Waals surface area contributed by atoms with Gasteiger partial charge in [0.2, 0.25) is 5.91 Å². The van der Waals surface area contributed by atoms with Crippen molar-refractivity contribution in [2.24, 2.45) is 0 Å². The Labute approximate surface area is 136 Å². The van der Waals surface area contributed by atoms with Crippen LogP contribution in [0, 0.1) is 6.92 Å². The van der Waals surface area contributed by atoms with Gasteiger partial charge in [-0.25, -0.2) is 0 Å². The fourth-order valence-electron chi connectivity index (χ4n) is 2.21. The topological polar surface area (TPSA) is 70.2 Å². The van der Waals surface area contributed by atoms with Crippen molar-refractivity contribution in [1.82, 2.24) is 10.6 Å². The number of aryl methyl sites for hydroxylation is 1. The molecule has 0 heterocycles. The highest BCUT2D eigenvalue weighted by Gasteiger charge is 2.10. The van der Waals surface area contributed by atoms with Crippen LogP contribution in [0.3, 0.4) is 0 Å². The number of rotatable bonds is 6. The van der Waals surface area contributed by atoms with Crippen molar-refractivity contribution in [2.45, 2.75) is 13.5 Å². The van der Waals surface area contributed by atoms with Crippen LogP contribution < -0.4 is 16.0 Å². The largest absolute Gasteiger partial charge is 0.376 e. The molecule has 5 heteroatoms. The number of hydrogen-bond donors (Lipinski definition) is 3. The van der Waals surface area contributed by atoms with Gasteiger partial charge in [0.15, 0.2) is 0 Å². The van der Waals surface area contributed by atoms with E-state index in [4.69, 9.17) is 0 Å². The molecule has 0 aliphatic rings. The summed E-state index contributed by atoms with van der Waals surface area (Å²) in [4.78, 5) is 23.8. The van der Waals surface area contributed by atoms with E-state index in [2.05, 4.69) is 16.0 Å². The highest BCUT2D eigenvalue weighted by molar-refractivity contribution is 5.99. The van der Waals surface area contributed by atoms with Gasteiger partial charge in [0, 0.05) is 19.3 Å². The third-order valence-corrected chi connectivity index (χ3v) is 3.58. The second-order valence-corrected chi connectivity index (χ2v) is 5.18. The highest BCUT2D eigenvalue weighted by atomic mass is 16.2. The van der Waals surface area contributed by atoms with Gasteiger partial charge in [-0.1, -0.05) is 36.4 Å². The van der Waals surface area contributed by atoms with Gasteiger partial charge >= 0.3 is 0 Å². The summed E-state index contributed by atoms with van der Waals surface area (Å²) in [6.07, 6.45) is 0. The van der Waals surface area contributed by atoms with Crippen LogP contribution in [-0.4, -0.2) is 25.4 Å². The smallest absolute Gasteiger partial charge is 0.253 e. The summed E-state index contributed by atoms with van der Waals surface area (Å²) >= 11 is 0. The highest BCUT2D eigenvalue weighted by Crippen LogP contribution is 2.14. The molecule has 0 aliphatic heterocycles. The Bertz CT molecular complexity index is 698. The summed E-state index contributed by atoms with van der Waals surface area (Å²) in [7, 11) is 1.58. The molecule has 0 saturated carbocycles. The van der Waals surface area contributed by atoms with Crippen LogP contribution in [0.25, 0.3) is 0 Å². The zero-order valence-corrected chi connectivity index (χ0v) is 13.3. The van der Waals surface area contributed by atoms with Gasteiger partial charge in [-0.05, 0) is 30.2 Å². The lowest BCUT2D eigenvalue weighted by atomic mass is 10.1. The molecule has 120 valence electrons. The van der Waals surface area contributed by atoms with E-state index in [1.165, 1.54) is 0 Å². The van der Waals surface area contributed by atoms with E-state index >= 15 is 0 Å². The molecule has 2 aromatic carbocycles. The van der Waals surface area contributed by atoms with Gasteiger partial charge in [0.25, 0.3) is 5.91 Å². The number of amides is 2. The summed E-state index contributed by atoms with van der Waals surface area (Å²) in [5, 5.41) is 8.46. The first-order chi connectivity index (χ1) is 11.1. The predicted molar refractivity (Wildman–Crippen MR) is 91.3 cm³/mol. The zero-order chi connectivity index (χ0) is 16.7. The van der Waals surface area contributed by atoms with Gasteiger partial charge in [-0.15, -0.1) is 0 Å². The molecule has 0 bridgehead atoms. The van der Waals surface area contributed by atoms with Crippen molar-refractivity contribution in [3.05, 3.63) is 65.2 Å². The molecule has 2 amide bonds. The van der Waals surface area contributed by atoms with Gasteiger partial charge in [0.1, 0.15) is 0 Å². The summed E-state index contributed by atoms with van der Waals surface area (Å²) < 4.78 is 0. The van der Waals surface area contributed by atoms with Crippen molar-refractivity contribution >= 4 is 17.5 Å². The van der Waals surface area contributed by atoms with E-state index in [1.807, 2.05) is 37.3 Å². The second-order valence-electron chi connectivity index (χ2n) is 5.18. The Kier molecular flexibility index (Phi) is 5.74. The lowest BCUT2D eigenvalue weighted by molar-refractivity contribution is -0.119. The molecular weight excluding hydrogens is 290 g/mol. The number of carbonyl (C=O) groups excluding carboxylic acids is 2. The Hall–Kier alpha value is -2.82. The Balaban J connectivity index is 1.90. The van der Waals surface area contributed by atoms with Crippen LogP contribution in [0.4, 0.5) is 5.69 Å². The van der Waals surface area contributed by atoms with Crippen LogP contribution in [-0.2, 0) is 11.3 Å². The fourth-order valence-corrected chi connectivity index (χ4v) is 2.21. The minimum atomic E-state index is -0.187. The normalized spacial score (nSPS) is 10.0. The number of benzene rings is 2. The van der Waals surface area contributed by atoms with Crippen LogP contribution in [0.15, 0.2) is 48.5 Å². The monoisotopic (exact) mass is 311 g/mol. The van der Waals surface area contributed by atoms with Crippen molar-refractivity contribution in [1.29, 1.82) is 0 Å². The second kappa shape index (κ2) is 7.98. The molecule has 0 radical (unpaired) electrons. The lowest BCUT2D eigenvalue weighted by Gasteiger charge is -2.12. The van der Waals surface area contributed by atoms with Crippen LogP contribution in [0.1, 0.15) is 21.5 Å². The minimum Gasteiger partial charge on any atom is -0.376 e. The van der Waals surface area contributed by atoms with Crippen LogP contribution in [0.5, 0.6) is 0 Å². The molecule has 2 aromatic rings. The van der Waals surface area contributed by atoms with E-state index in [9.17, 15) is 9.59 Å². The van der Waals surface area contributed by atoms with Crippen LogP contribution in [0.2, 0.25) is 0 Å². The molecule has 0 unspecified atom stereocenters. The quantitative estimate of drug-likeness (QED) is 0.765. The maximum Gasteiger partial charge on any atom is 0.253 e.